The Hall–Kier alpha value is -2.10. The van der Waals surface area contributed by atoms with Crippen LogP contribution in [-0.4, -0.2) is 23.0 Å². The second-order valence-corrected chi connectivity index (χ2v) is 3.92. The van der Waals surface area contributed by atoms with Gasteiger partial charge in [-0.3, -0.25) is 0 Å². The molecule has 1 heterocycles. The molecule has 0 unspecified atom stereocenters. The van der Waals surface area contributed by atoms with Crippen molar-refractivity contribution in [3.8, 4) is 11.3 Å². The first kappa shape index (κ1) is 11.4. The van der Waals surface area contributed by atoms with Crippen LogP contribution in [0.3, 0.4) is 0 Å². The van der Waals surface area contributed by atoms with Gasteiger partial charge in [-0.1, -0.05) is 29.8 Å². The number of hydrogen-bond acceptors (Lipinski definition) is 3. The van der Waals surface area contributed by atoms with Gasteiger partial charge in [-0.25, -0.2) is 4.79 Å². The highest BCUT2D eigenvalue weighted by Crippen LogP contribution is 2.23. The maximum Gasteiger partial charge on any atom is 0.434 e. The van der Waals surface area contributed by atoms with Crippen LogP contribution in [0.15, 0.2) is 30.5 Å². The van der Waals surface area contributed by atoms with Crippen LogP contribution >= 0.6 is 0 Å². The van der Waals surface area contributed by atoms with Gasteiger partial charge in [-0.2, -0.15) is 9.78 Å². The molecule has 0 aliphatic rings. The summed E-state index contributed by atoms with van der Waals surface area (Å²) in [7, 11) is 1.35. The maximum absolute atomic E-state index is 11.6. The van der Waals surface area contributed by atoms with Crippen molar-refractivity contribution < 1.29 is 9.53 Å². The first-order valence-corrected chi connectivity index (χ1v) is 5.33. The van der Waals surface area contributed by atoms with E-state index in [4.69, 9.17) is 4.74 Å². The van der Waals surface area contributed by atoms with E-state index in [1.807, 2.05) is 38.1 Å². The summed E-state index contributed by atoms with van der Waals surface area (Å²) >= 11 is 0. The first-order valence-electron chi connectivity index (χ1n) is 5.33. The molecule has 0 saturated carbocycles. The van der Waals surface area contributed by atoms with Crippen molar-refractivity contribution in [2.24, 2.45) is 0 Å². The highest BCUT2D eigenvalue weighted by Gasteiger charge is 2.15. The summed E-state index contributed by atoms with van der Waals surface area (Å²) in [5.41, 5.74) is 3.85. The number of benzene rings is 1. The number of aryl methyl sites for hydroxylation is 2. The van der Waals surface area contributed by atoms with Gasteiger partial charge in [0.25, 0.3) is 0 Å². The standard InChI is InChI=1S/C13H14N2O2/c1-9-4-6-11(7-5-9)12-10(2)8-14-15(12)13(16)17-3/h4-8H,1-3H3. The third kappa shape index (κ3) is 2.06. The van der Waals surface area contributed by atoms with Gasteiger partial charge in [0, 0.05) is 5.56 Å². The van der Waals surface area contributed by atoms with Crippen LogP contribution in [0.5, 0.6) is 0 Å². The maximum atomic E-state index is 11.6. The predicted octanol–water partition coefficient (Wildman–Crippen LogP) is 2.78. The molecule has 0 saturated heterocycles. The Bertz CT molecular complexity index is 541. The molecule has 17 heavy (non-hydrogen) atoms. The number of rotatable bonds is 1. The molecule has 1 aromatic heterocycles. The van der Waals surface area contributed by atoms with Crippen LogP contribution < -0.4 is 0 Å². The lowest BCUT2D eigenvalue weighted by molar-refractivity contribution is 0.169. The number of nitrogens with zero attached hydrogens (tertiary/aromatic N) is 2. The van der Waals surface area contributed by atoms with Crippen LogP contribution in [0.1, 0.15) is 11.1 Å². The molecule has 88 valence electrons. The first-order chi connectivity index (χ1) is 8.13. The molecule has 1 aromatic carbocycles. The Balaban J connectivity index is 2.54. The number of aromatic nitrogens is 2. The highest BCUT2D eigenvalue weighted by molar-refractivity contribution is 5.78. The van der Waals surface area contributed by atoms with E-state index in [1.165, 1.54) is 17.4 Å². The summed E-state index contributed by atoms with van der Waals surface area (Å²) in [4.78, 5) is 11.6. The quantitative estimate of drug-likeness (QED) is 0.756. The van der Waals surface area contributed by atoms with Crippen molar-refractivity contribution in [2.45, 2.75) is 13.8 Å². The zero-order chi connectivity index (χ0) is 12.4. The van der Waals surface area contributed by atoms with Crippen LogP contribution in [0, 0.1) is 13.8 Å². The van der Waals surface area contributed by atoms with Crippen LogP contribution in [0.25, 0.3) is 11.3 Å². The molecular weight excluding hydrogens is 216 g/mol. The summed E-state index contributed by atoms with van der Waals surface area (Å²) < 4.78 is 5.97. The minimum Gasteiger partial charge on any atom is -0.451 e. The molecule has 0 bridgehead atoms. The molecule has 2 aromatic rings. The zero-order valence-electron chi connectivity index (χ0n) is 10.1. The van der Waals surface area contributed by atoms with E-state index in [1.54, 1.807) is 6.20 Å². The van der Waals surface area contributed by atoms with Gasteiger partial charge in [-0.05, 0) is 19.4 Å². The number of ether oxygens (including phenoxy) is 1. The van der Waals surface area contributed by atoms with E-state index in [0.29, 0.717) is 0 Å². The van der Waals surface area contributed by atoms with Crippen molar-refractivity contribution in [3.05, 3.63) is 41.6 Å². The minimum atomic E-state index is -0.478. The molecule has 0 aliphatic heterocycles. The summed E-state index contributed by atoms with van der Waals surface area (Å²) in [5.74, 6) is 0. The average molecular weight is 230 g/mol. The monoisotopic (exact) mass is 230 g/mol. The van der Waals surface area contributed by atoms with Gasteiger partial charge in [-0.15, -0.1) is 0 Å². The smallest absolute Gasteiger partial charge is 0.434 e. The Morgan fingerprint density at radius 1 is 1.24 bits per heavy atom. The van der Waals surface area contributed by atoms with Gasteiger partial charge in [0.15, 0.2) is 0 Å². The average Bonchev–Trinajstić information content (AvgIpc) is 2.71. The molecule has 0 spiro atoms. The SMILES string of the molecule is COC(=O)n1ncc(C)c1-c1ccc(C)cc1. The lowest BCUT2D eigenvalue weighted by Crippen LogP contribution is -2.14. The number of carbonyl (C=O) groups is 1. The second-order valence-electron chi connectivity index (χ2n) is 3.92. The molecule has 2 rings (SSSR count). The lowest BCUT2D eigenvalue weighted by Gasteiger charge is -2.06. The van der Waals surface area contributed by atoms with E-state index in [9.17, 15) is 4.79 Å². The van der Waals surface area contributed by atoms with E-state index in [-0.39, 0.29) is 0 Å². The largest absolute Gasteiger partial charge is 0.451 e. The highest BCUT2D eigenvalue weighted by atomic mass is 16.5. The molecule has 0 amide bonds. The Labute approximate surface area is 99.8 Å². The normalized spacial score (nSPS) is 10.3. The van der Waals surface area contributed by atoms with E-state index in [0.717, 1.165) is 16.8 Å². The van der Waals surface area contributed by atoms with Gasteiger partial charge in [0.05, 0.1) is 19.0 Å². The lowest BCUT2D eigenvalue weighted by atomic mass is 10.1. The topological polar surface area (TPSA) is 44.1 Å². The predicted molar refractivity (Wildman–Crippen MR) is 64.9 cm³/mol. The second kappa shape index (κ2) is 4.41. The van der Waals surface area contributed by atoms with Gasteiger partial charge in [0.2, 0.25) is 0 Å². The van der Waals surface area contributed by atoms with E-state index >= 15 is 0 Å². The number of hydrogen-bond donors (Lipinski definition) is 0. The van der Waals surface area contributed by atoms with Crippen LogP contribution in [0.2, 0.25) is 0 Å². The van der Waals surface area contributed by atoms with Crippen molar-refractivity contribution in [1.82, 2.24) is 9.78 Å². The van der Waals surface area contributed by atoms with Crippen molar-refractivity contribution in [3.63, 3.8) is 0 Å². The molecular formula is C13H14N2O2. The molecule has 0 radical (unpaired) electrons. The fourth-order valence-corrected chi connectivity index (χ4v) is 1.72. The van der Waals surface area contributed by atoms with Crippen molar-refractivity contribution in [2.75, 3.05) is 7.11 Å². The Morgan fingerprint density at radius 2 is 1.88 bits per heavy atom. The van der Waals surface area contributed by atoms with Crippen molar-refractivity contribution in [1.29, 1.82) is 0 Å². The minimum absolute atomic E-state index is 0.478. The van der Waals surface area contributed by atoms with E-state index < -0.39 is 6.09 Å². The van der Waals surface area contributed by atoms with Gasteiger partial charge in [0.1, 0.15) is 0 Å². The third-order valence-corrected chi connectivity index (χ3v) is 2.62. The summed E-state index contributed by atoms with van der Waals surface area (Å²) in [6.45, 7) is 3.94. The summed E-state index contributed by atoms with van der Waals surface area (Å²) in [5, 5.41) is 4.03. The van der Waals surface area contributed by atoms with E-state index in [2.05, 4.69) is 5.10 Å². The molecule has 0 N–H and O–H groups in total. The molecule has 0 aliphatic carbocycles. The third-order valence-electron chi connectivity index (χ3n) is 2.62. The van der Waals surface area contributed by atoms with Crippen LogP contribution in [-0.2, 0) is 4.74 Å². The Kier molecular flexibility index (Phi) is 2.95. The number of carbonyl (C=O) groups excluding carboxylic acids is 1. The fourth-order valence-electron chi connectivity index (χ4n) is 1.72. The molecule has 0 atom stereocenters. The van der Waals surface area contributed by atoms with Gasteiger partial charge < -0.3 is 4.74 Å². The zero-order valence-corrected chi connectivity index (χ0v) is 10.1. The molecule has 4 heteroatoms. The van der Waals surface area contributed by atoms with Crippen molar-refractivity contribution >= 4 is 6.09 Å². The van der Waals surface area contributed by atoms with Crippen LogP contribution in [0.4, 0.5) is 4.79 Å². The molecule has 4 nitrogen and oxygen atoms in total. The molecule has 0 fully saturated rings. The van der Waals surface area contributed by atoms with Gasteiger partial charge >= 0.3 is 6.09 Å². The fraction of sp³-hybridized carbons (Fsp3) is 0.231. The summed E-state index contributed by atoms with van der Waals surface area (Å²) in [6.07, 6.45) is 1.18. The summed E-state index contributed by atoms with van der Waals surface area (Å²) in [6, 6.07) is 7.95. The Morgan fingerprint density at radius 3 is 2.47 bits per heavy atom. The number of methoxy groups -OCH3 is 1.